The van der Waals surface area contributed by atoms with Gasteiger partial charge in [-0.25, -0.2) is 9.97 Å². The second-order valence-electron chi connectivity index (χ2n) is 7.50. The first kappa shape index (κ1) is 19.7. The summed E-state index contributed by atoms with van der Waals surface area (Å²) in [5, 5.41) is 7.75. The highest BCUT2D eigenvalue weighted by Gasteiger charge is 2.22. The Morgan fingerprint density at radius 3 is 2.43 bits per heavy atom. The number of nitrogens with one attached hydrogen (secondary N) is 2. The summed E-state index contributed by atoms with van der Waals surface area (Å²) in [4.78, 5) is 13.3. The van der Waals surface area contributed by atoms with Gasteiger partial charge in [0.05, 0.1) is 28.1 Å². The van der Waals surface area contributed by atoms with Crippen molar-refractivity contribution < 1.29 is 0 Å². The minimum Gasteiger partial charge on any atom is -0.369 e. The molecule has 0 radical (unpaired) electrons. The van der Waals surface area contributed by atoms with Crippen molar-refractivity contribution in [2.45, 2.75) is 12.8 Å². The lowest BCUT2D eigenvalue weighted by Gasteiger charge is -2.38. The minimum absolute atomic E-state index is 0.477. The van der Waals surface area contributed by atoms with Crippen LogP contribution in [0.1, 0.15) is 12.8 Å². The lowest BCUT2D eigenvalue weighted by Crippen LogP contribution is -2.48. The summed E-state index contributed by atoms with van der Waals surface area (Å²) in [5.74, 6) is 1.33. The van der Waals surface area contributed by atoms with Gasteiger partial charge < -0.3 is 15.5 Å². The molecule has 0 aliphatic carbocycles. The van der Waals surface area contributed by atoms with Crippen molar-refractivity contribution in [3.63, 3.8) is 0 Å². The molecule has 3 heterocycles. The number of piperazine rings is 1. The van der Waals surface area contributed by atoms with Crippen molar-refractivity contribution in [1.29, 1.82) is 0 Å². The molecule has 0 spiro atoms. The molecule has 2 aromatic rings. The van der Waals surface area contributed by atoms with Gasteiger partial charge in [0.25, 0.3) is 0 Å². The second kappa shape index (κ2) is 9.27. The van der Waals surface area contributed by atoms with Crippen molar-refractivity contribution in [3.05, 3.63) is 40.6 Å². The molecule has 0 atom stereocenters. The smallest absolute Gasteiger partial charge is 0.227 e. The highest BCUT2D eigenvalue weighted by Crippen LogP contribution is 2.30. The molecule has 1 aromatic heterocycles. The van der Waals surface area contributed by atoms with Gasteiger partial charge in [0, 0.05) is 38.4 Å². The fourth-order valence-electron chi connectivity index (χ4n) is 3.92. The number of piperidine rings is 1. The predicted molar refractivity (Wildman–Crippen MR) is 116 cm³/mol. The van der Waals surface area contributed by atoms with E-state index < -0.39 is 0 Å². The Bertz CT molecular complexity index is 771. The van der Waals surface area contributed by atoms with Gasteiger partial charge in [0.1, 0.15) is 0 Å². The number of anilines is 3. The molecule has 2 fully saturated rings. The van der Waals surface area contributed by atoms with E-state index in [-0.39, 0.29) is 0 Å². The summed E-state index contributed by atoms with van der Waals surface area (Å²) in [6.45, 7) is 7.87. The van der Waals surface area contributed by atoms with Crippen LogP contribution in [-0.2, 0) is 0 Å². The predicted octanol–water partition coefficient (Wildman–Crippen LogP) is 3.65. The van der Waals surface area contributed by atoms with E-state index in [1.165, 1.54) is 32.5 Å². The fraction of sp³-hybridized carbons (Fsp3) is 0.500. The summed E-state index contributed by atoms with van der Waals surface area (Å²) >= 11 is 12.3. The molecule has 1 aromatic carbocycles. The summed E-state index contributed by atoms with van der Waals surface area (Å²) in [7, 11) is 0. The van der Waals surface area contributed by atoms with Gasteiger partial charge >= 0.3 is 0 Å². The van der Waals surface area contributed by atoms with Crippen LogP contribution >= 0.6 is 23.2 Å². The molecule has 0 bridgehead atoms. The molecular formula is C20H26Cl2N6. The number of benzene rings is 1. The van der Waals surface area contributed by atoms with Crippen LogP contribution in [0.2, 0.25) is 10.0 Å². The highest BCUT2D eigenvalue weighted by molar-refractivity contribution is 6.33. The Labute approximate surface area is 176 Å². The molecule has 6 nitrogen and oxygen atoms in total. The Balaban J connectivity index is 1.32. The maximum atomic E-state index is 6.50. The van der Waals surface area contributed by atoms with Crippen LogP contribution in [-0.4, -0.2) is 60.7 Å². The minimum atomic E-state index is 0.477. The van der Waals surface area contributed by atoms with Crippen molar-refractivity contribution >= 4 is 40.5 Å². The average molecular weight is 421 g/mol. The van der Waals surface area contributed by atoms with Crippen LogP contribution in [0.5, 0.6) is 0 Å². The van der Waals surface area contributed by atoms with Crippen LogP contribution in [0.4, 0.5) is 17.3 Å². The first-order chi connectivity index (χ1) is 13.7. The molecular weight excluding hydrogens is 395 g/mol. The fourth-order valence-corrected chi connectivity index (χ4v) is 4.24. The first-order valence-electron chi connectivity index (χ1n) is 9.89. The third-order valence-corrected chi connectivity index (χ3v) is 6.04. The number of hydrogen-bond acceptors (Lipinski definition) is 6. The topological polar surface area (TPSA) is 56.3 Å². The summed E-state index contributed by atoms with van der Waals surface area (Å²) in [6, 6.07) is 6.10. The van der Waals surface area contributed by atoms with E-state index in [1.807, 2.05) is 12.1 Å². The normalized spacial score (nSPS) is 19.0. The third-order valence-electron chi connectivity index (χ3n) is 5.53. The monoisotopic (exact) mass is 420 g/mol. The molecule has 2 N–H and O–H groups in total. The van der Waals surface area contributed by atoms with E-state index >= 15 is 0 Å². The summed E-state index contributed by atoms with van der Waals surface area (Å²) in [5.41, 5.74) is 1.95. The SMILES string of the molecule is Clc1cnc(Nc2ccc(N3CCN(CC4CCNCC4)CC3)cc2Cl)nc1. The van der Waals surface area contributed by atoms with Crippen LogP contribution in [0.25, 0.3) is 0 Å². The first-order valence-corrected chi connectivity index (χ1v) is 10.6. The van der Waals surface area contributed by atoms with Crippen LogP contribution < -0.4 is 15.5 Å². The highest BCUT2D eigenvalue weighted by atomic mass is 35.5. The van der Waals surface area contributed by atoms with E-state index in [2.05, 4.69) is 36.5 Å². The molecule has 0 unspecified atom stereocenters. The molecule has 2 aliphatic rings. The number of halogens is 2. The van der Waals surface area contributed by atoms with Crippen molar-refractivity contribution in [2.75, 3.05) is 56.0 Å². The average Bonchev–Trinajstić information content (AvgIpc) is 2.72. The second-order valence-corrected chi connectivity index (χ2v) is 8.34. The number of hydrogen-bond donors (Lipinski definition) is 2. The molecule has 150 valence electrons. The maximum absolute atomic E-state index is 6.50. The molecule has 0 amide bonds. The summed E-state index contributed by atoms with van der Waals surface area (Å²) < 4.78 is 0. The third kappa shape index (κ3) is 5.06. The Kier molecular flexibility index (Phi) is 6.52. The van der Waals surface area contributed by atoms with Crippen molar-refractivity contribution in [1.82, 2.24) is 20.2 Å². The van der Waals surface area contributed by atoms with Crippen LogP contribution in [0.3, 0.4) is 0 Å². The van der Waals surface area contributed by atoms with Crippen molar-refractivity contribution in [3.8, 4) is 0 Å². The summed E-state index contributed by atoms with van der Waals surface area (Å²) in [6.07, 6.45) is 5.73. The number of nitrogens with zero attached hydrogens (tertiary/aromatic N) is 4. The Morgan fingerprint density at radius 2 is 1.75 bits per heavy atom. The van der Waals surface area contributed by atoms with Gasteiger partial charge in [-0.15, -0.1) is 0 Å². The molecule has 8 heteroatoms. The maximum Gasteiger partial charge on any atom is 0.227 e. The van der Waals surface area contributed by atoms with Gasteiger partial charge in [0.15, 0.2) is 0 Å². The molecule has 28 heavy (non-hydrogen) atoms. The Morgan fingerprint density at radius 1 is 1.04 bits per heavy atom. The van der Waals surface area contributed by atoms with Gasteiger partial charge in [0.2, 0.25) is 5.95 Å². The van der Waals surface area contributed by atoms with E-state index in [4.69, 9.17) is 23.2 Å². The lowest BCUT2D eigenvalue weighted by molar-refractivity contribution is 0.196. The van der Waals surface area contributed by atoms with E-state index in [9.17, 15) is 0 Å². The molecule has 0 saturated carbocycles. The zero-order valence-corrected chi connectivity index (χ0v) is 17.4. The Hall–Kier alpha value is -1.60. The largest absolute Gasteiger partial charge is 0.369 e. The van der Waals surface area contributed by atoms with Gasteiger partial charge in [-0.3, -0.25) is 4.90 Å². The molecule has 2 saturated heterocycles. The van der Waals surface area contributed by atoms with Gasteiger partial charge in [-0.1, -0.05) is 23.2 Å². The molecule has 2 aliphatic heterocycles. The standard InChI is InChI=1S/C20H26Cl2N6/c21-16-12-24-20(25-13-16)26-19-2-1-17(11-18(19)22)28-9-7-27(8-10-28)14-15-3-5-23-6-4-15/h1-2,11-13,15,23H,3-10,14H2,(H,24,25,26). The zero-order valence-electron chi connectivity index (χ0n) is 15.9. The van der Waals surface area contributed by atoms with Gasteiger partial charge in [-0.05, 0) is 50.0 Å². The van der Waals surface area contributed by atoms with Gasteiger partial charge in [-0.2, -0.15) is 0 Å². The van der Waals surface area contributed by atoms with E-state index in [1.54, 1.807) is 12.4 Å². The number of aromatic nitrogens is 2. The lowest BCUT2D eigenvalue weighted by atomic mass is 9.97. The van der Waals surface area contributed by atoms with E-state index in [0.29, 0.717) is 16.0 Å². The number of rotatable bonds is 5. The van der Waals surface area contributed by atoms with Crippen LogP contribution in [0.15, 0.2) is 30.6 Å². The van der Waals surface area contributed by atoms with E-state index in [0.717, 1.165) is 43.5 Å². The quantitative estimate of drug-likeness (QED) is 0.769. The molecule has 4 rings (SSSR count). The van der Waals surface area contributed by atoms with Crippen molar-refractivity contribution in [2.24, 2.45) is 5.92 Å². The van der Waals surface area contributed by atoms with Crippen LogP contribution in [0, 0.1) is 5.92 Å². The zero-order chi connectivity index (χ0) is 19.3.